The molecule has 0 fully saturated rings. The van der Waals surface area contributed by atoms with Crippen LogP contribution in [0, 0.1) is 5.41 Å². The first-order chi connectivity index (χ1) is 7.05. The highest BCUT2D eigenvalue weighted by atomic mass is 16.3. The van der Waals surface area contributed by atoms with E-state index < -0.39 is 0 Å². The van der Waals surface area contributed by atoms with Crippen LogP contribution in [0.4, 0.5) is 0 Å². The van der Waals surface area contributed by atoms with Gasteiger partial charge >= 0.3 is 0 Å². The molecule has 4 heteroatoms. The van der Waals surface area contributed by atoms with Crippen molar-refractivity contribution in [1.29, 1.82) is 0 Å². The summed E-state index contributed by atoms with van der Waals surface area (Å²) in [6.45, 7) is 4.25. The Kier molecular flexibility index (Phi) is 3.80. The highest BCUT2D eigenvalue weighted by Gasteiger charge is 2.17. The number of hydrogen-bond acceptors (Lipinski definition) is 3. The van der Waals surface area contributed by atoms with Gasteiger partial charge in [-0.3, -0.25) is 9.78 Å². The predicted molar refractivity (Wildman–Crippen MR) is 57.4 cm³/mol. The smallest absolute Gasteiger partial charge is 0.252 e. The SMILES string of the molecule is CC(C)(CO)CNC(=O)c1cccnc1. The van der Waals surface area contributed by atoms with Gasteiger partial charge < -0.3 is 10.4 Å². The molecule has 0 radical (unpaired) electrons. The average Bonchev–Trinajstić information content (AvgIpc) is 2.27. The summed E-state index contributed by atoms with van der Waals surface area (Å²) in [7, 11) is 0. The van der Waals surface area contributed by atoms with Crippen LogP contribution in [0.2, 0.25) is 0 Å². The zero-order valence-electron chi connectivity index (χ0n) is 9.03. The molecule has 0 unspecified atom stereocenters. The van der Waals surface area contributed by atoms with Crippen molar-refractivity contribution in [3.05, 3.63) is 30.1 Å². The molecular weight excluding hydrogens is 192 g/mol. The molecule has 0 aliphatic heterocycles. The molecule has 1 heterocycles. The summed E-state index contributed by atoms with van der Waals surface area (Å²) in [5, 5.41) is 11.8. The molecular formula is C11H16N2O2. The van der Waals surface area contributed by atoms with Gasteiger partial charge in [-0.2, -0.15) is 0 Å². The van der Waals surface area contributed by atoms with Gasteiger partial charge in [-0.15, -0.1) is 0 Å². The minimum Gasteiger partial charge on any atom is -0.396 e. The lowest BCUT2D eigenvalue weighted by molar-refractivity contribution is 0.0910. The van der Waals surface area contributed by atoms with Gasteiger partial charge in [0.15, 0.2) is 0 Å². The summed E-state index contributed by atoms with van der Waals surface area (Å²) in [4.78, 5) is 15.4. The number of rotatable bonds is 4. The van der Waals surface area contributed by atoms with Crippen LogP contribution >= 0.6 is 0 Å². The summed E-state index contributed by atoms with van der Waals surface area (Å²) in [6.07, 6.45) is 3.13. The van der Waals surface area contributed by atoms with Crippen molar-refractivity contribution in [2.75, 3.05) is 13.2 Å². The van der Waals surface area contributed by atoms with Crippen molar-refractivity contribution in [2.45, 2.75) is 13.8 Å². The molecule has 82 valence electrons. The number of aliphatic hydroxyl groups excluding tert-OH is 1. The number of nitrogens with zero attached hydrogens (tertiary/aromatic N) is 1. The van der Waals surface area contributed by atoms with Crippen molar-refractivity contribution in [2.24, 2.45) is 5.41 Å². The average molecular weight is 208 g/mol. The third-order valence-corrected chi connectivity index (χ3v) is 2.08. The Balaban J connectivity index is 2.51. The number of amides is 1. The third kappa shape index (κ3) is 3.67. The van der Waals surface area contributed by atoms with Crippen LogP contribution < -0.4 is 5.32 Å². The van der Waals surface area contributed by atoms with Crippen molar-refractivity contribution in [1.82, 2.24) is 10.3 Å². The summed E-state index contributed by atoms with van der Waals surface area (Å²) < 4.78 is 0. The number of pyridine rings is 1. The molecule has 0 saturated heterocycles. The van der Waals surface area contributed by atoms with E-state index in [-0.39, 0.29) is 17.9 Å². The number of aliphatic hydroxyl groups is 1. The van der Waals surface area contributed by atoms with E-state index in [1.165, 1.54) is 6.20 Å². The first-order valence-corrected chi connectivity index (χ1v) is 4.84. The number of aromatic nitrogens is 1. The molecule has 15 heavy (non-hydrogen) atoms. The van der Waals surface area contributed by atoms with E-state index in [4.69, 9.17) is 5.11 Å². The third-order valence-electron chi connectivity index (χ3n) is 2.08. The van der Waals surface area contributed by atoms with Gasteiger partial charge in [0.25, 0.3) is 5.91 Å². The monoisotopic (exact) mass is 208 g/mol. The van der Waals surface area contributed by atoms with Crippen LogP contribution in [-0.4, -0.2) is 29.1 Å². The second kappa shape index (κ2) is 4.89. The summed E-state index contributed by atoms with van der Waals surface area (Å²) in [5.74, 6) is -0.162. The Hall–Kier alpha value is -1.42. The van der Waals surface area contributed by atoms with E-state index in [1.807, 2.05) is 13.8 Å². The molecule has 0 aliphatic rings. The molecule has 2 N–H and O–H groups in total. The Morgan fingerprint density at radius 1 is 1.60 bits per heavy atom. The number of carbonyl (C=O) groups excluding carboxylic acids is 1. The van der Waals surface area contributed by atoms with E-state index in [2.05, 4.69) is 10.3 Å². The van der Waals surface area contributed by atoms with Crippen molar-refractivity contribution >= 4 is 5.91 Å². The number of carbonyl (C=O) groups is 1. The van der Waals surface area contributed by atoms with E-state index >= 15 is 0 Å². The standard InChI is InChI=1S/C11H16N2O2/c1-11(2,8-14)7-13-10(15)9-4-3-5-12-6-9/h3-6,14H,7-8H2,1-2H3,(H,13,15). The fourth-order valence-corrected chi connectivity index (χ4v) is 0.975. The minimum absolute atomic E-state index is 0.0420. The normalized spacial score (nSPS) is 11.1. The highest BCUT2D eigenvalue weighted by Crippen LogP contribution is 2.11. The van der Waals surface area contributed by atoms with Gasteiger partial charge in [-0.25, -0.2) is 0 Å². The van der Waals surface area contributed by atoms with Crippen LogP contribution in [0.25, 0.3) is 0 Å². The van der Waals surface area contributed by atoms with Gasteiger partial charge in [-0.1, -0.05) is 13.8 Å². The van der Waals surface area contributed by atoms with E-state index in [9.17, 15) is 4.79 Å². The Bertz CT molecular complexity index is 323. The maximum Gasteiger partial charge on any atom is 0.252 e. The van der Waals surface area contributed by atoms with E-state index in [1.54, 1.807) is 18.3 Å². The lowest BCUT2D eigenvalue weighted by atomic mass is 9.95. The molecule has 1 amide bonds. The first kappa shape index (κ1) is 11.7. The maximum atomic E-state index is 11.6. The largest absolute Gasteiger partial charge is 0.396 e. The van der Waals surface area contributed by atoms with Crippen LogP contribution in [-0.2, 0) is 0 Å². The van der Waals surface area contributed by atoms with E-state index in [0.29, 0.717) is 12.1 Å². The first-order valence-electron chi connectivity index (χ1n) is 4.84. The second-order valence-corrected chi connectivity index (χ2v) is 4.25. The predicted octanol–water partition coefficient (Wildman–Crippen LogP) is 0.830. The van der Waals surface area contributed by atoms with Gasteiger partial charge in [0.05, 0.1) is 5.56 Å². The van der Waals surface area contributed by atoms with Gasteiger partial charge in [0.1, 0.15) is 0 Å². The fourth-order valence-electron chi connectivity index (χ4n) is 0.975. The van der Waals surface area contributed by atoms with Crippen molar-refractivity contribution in [3.8, 4) is 0 Å². The van der Waals surface area contributed by atoms with Crippen molar-refractivity contribution in [3.63, 3.8) is 0 Å². The lowest BCUT2D eigenvalue weighted by Gasteiger charge is -2.21. The quantitative estimate of drug-likeness (QED) is 0.770. The zero-order valence-corrected chi connectivity index (χ0v) is 9.03. The summed E-state index contributed by atoms with van der Waals surface area (Å²) in [5.41, 5.74) is 0.240. The van der Waals surface area contributed by atoms with Crippen LogP contribution in [0.5, 0.6) is 0 Å². The molecule has 1 aromatic heterocycles. The van der Waals surface area contributed by atoms with Gasteiger partial charge in [-0.05, 0) is 12.1 Å². The Labute approximate surface area is 89.3 Å². The Morgan fingerprint density at radius 3 is 2.87 bits per heavy atom. The lowest BCUT2D eigenvalue weighted by Crippen LogP contribution is -2.36. The molecule has 4 nitrogen and oxygen atoms in total. The number of nitrogens with one attached hydrogen (secondary N) is 1. The fraction of sp³-hybridized carbons (Fsp3) is 0.455. The van der Waals surface area contributed by atoms with Gasteiger partial charge in [0, 0.05) is 31.0 Å². The minimum atomic E-state index is -0.294. The molecule has 0 saturated carbocycles. The maximum absolute atomic E-state index is 11.6. The van der Waals surface area contributed by atoms with E-state index in [0.717, 1.165) is 0 Å². The van der Waals surface area contributed by atoms with Gasteiger partial charge in [0.2, 0.25) is 0 Å². The Morgan fingerprint density at radius 2 is 2.33 bits per heavy atom. The molecule has 0 bridgehead atoms. The van der Waals surface area contributed by atoms with Crippen LogP contribution in [0.15, 0.2) is 24.5 Å². The molecule has 0 atom stereocenters. The number of hydrogen-bond donors (Lipinski definition) is 2. The molecule has 1 rings (SSSR count). The summed E-state index contributed by atoms with van der Waals surface area (Å²) >= 11 is 0. The van der Waals surface area contributed by atoms with Crippen molar-refractivity contribution < 1.29 is 9.90 Å². The van der Waals surface area contributed by atoms with Crippen LogP contribution in [0.3, 0.4) is 0 Å². The summed E-state index contributed by atoms with van der Waals surface area (Å²) in [6, 6.07) is 3.42. The topological polar surface area (TPSA) is 62.2 Å². The zero-order chi connectivity index (χ0) is 11.3. The molecule has 0 aliphatic carbocycles. The highest BCUT2D eigenvalue weighted by molar-refractivity contribution is 5.93. The molecule has 0 aromatic carbocycles. The molecule has 0 spiro atoms. The molecule has 1 aromatic rings. The van der Waals surface area contributed by atoms with Crippen LogP contribution in [0.1, 0.15) is 24.2 Å². The second-order valence-electron chi connectivity index (χ2n) is 4.25.